The van der Waals surface area contributed by atoms with Crippen molar-refractivity contribution in [3.05, 3.63) is 11.3 Å². The first-order valence-electron chi connectivity index (χ1n) is 5.67. The first-order valence-corrected chi connectivity index (χ1v) is 5.67. The highest BCUT2D eigenvalue weighted by Crippen LogP contribution is 2.25. The lowest BCUT2D eigenvalue weighted by Gasteiger charge is -2.10. The maximum atomic E-state index is 6.09. The van der Waals surface area contributed by atoms with Crippen molar-refractivity contribution in [2.45, 2.75) is 32.2 Å². The summed E-state index contributed by atoms with van der Waals surface area (Å²) < 4.78 is 1.97. The molecule has 0 fully saturated rings. The number of nitrogens with zero attached hydrogens (tertiary/aromatic N) is 3. The van der Waals surface area contributed by atoms with Crippen LogP contribution in [0.3, 0.4) is 0 Å². The summed E-state index contributed by atoms with van der Waals surface area (Å²) in [6, 6.07) is 0. The summed E-state index contributed by atoms with van der Waals surface area (Å²) in [5.41, 5.74) is 8.63. The Bertz CT molecular complexity index is 341. The molecular formula is C11H20N4. The van der Waals surface area contributed by atoms with E-state index >= 15 is 0 Å². The van der Waals surface area contributed by atoms with E-state index < -0.39 is 0 Å². The van der Waals surface area contributed by atoms with Gasteiger partial charge < -0.3 is 10.6 Å². The summed E-state index contributed by atoms with van der Waals surface area (Å²) in [6.07, 6.45) is 4.74. The van der Waals surface area contributed by atoms with Gasteiger partial charge in [-0.15, -0.1) is 0 Å². The van der Waals surface area contributed by atoms with Crippen LogP contribution in [0, 0.1) is 0 Å². The van der Waals surface area contributed by atoms with Gasteiger partial charge in [0.25, 0.3) is 0 Å². The fourth-order valence-corrected chi connectivity index (χ4v) is 2.10. The van der Waals surface area contributed by atoms with Gasteiger partial charge in [-0.25, -0.2) is 4.68 Å². The van der Waals surface area contributed by atoms with Gasteiger partial charge in [0.1, 0.15) is 5.82 Å². The fourth-order valence-electron chi connectivity index (χ4n) is 2.10. The van der Waals surface area contributed by atoms with E-state index in [4.69, 9.17) is 5.73 Å². The quantitative estimate of drug-likeness (QED) is 0.803. The van der Waals surface area contributed by atoms with Gasteiger partial charge in [-0.1, -0.05) is 0 Å². The number of hydrogen-bond acceptors (Lipinski definition) is 3. The van der Waals surface area contributed by atoms with Crippen molar-refractivity contribution in [3.8, 4) is 0 Å². The summed E-state index contributed by atoms with van der Waals surface area (Å²) >= 11 is 0. The Hall–Kier alpha value is -1.03. The van der Waals surface area contributed by atoms with Gasteiger partial charge in [-0.2, -0.15) is 5.10 Å². The Morgan fingerprint density at radius 2 is 2.07 bits per heavy atom. The van der Waals surface area contributed by atoms with Crippen LogP contribution in [-0.2, 0) is 19.4 Å². The van der Waals surface area contributed by atoms with Crippen molar-refractivity contribution >= 4 is 5.82 Å². The predicted octanol–water partition coefficient (Wildman–Crippen LogP) is 0.906. The standard InChI is InChI=1S/C11H20N4/c1-14(2)7-8-15-11(12)9-5-3-4-6-10(9)13-15/h3-8,12H2,1-2H3. The summed E-state index contributed by atoms with van der Waals surface area (Å²) in [7, 11) is 4.14. The Morgan fingerprint density at radius 3 is 2.73 bits per heavy atom. The number of aromatic nitrogens is 2. The van der Waals surface area contributed by atoms with Crippen molar-refractivity contribution in [3.63, 3.8) is 0 Å². The third kappa shape index (κ3) is 2.15. The highest BCUT2D eigenvalue weighted by atomic mass is 15.3. The molecule has 4 heteroatoms. The average Bonchev–Trinajstić information content (AvgIpc) is 2.54. The van der Waals surface area contributed by atoms with E-state index in [2.05, 4.69) is 24.1 Å². The molecule has 0 aromatic carbocycles. The van der Waals surface area contributed by atoms with E-state index in [0.29, 0.717) is 0 Å². The molecule has 1 aromatic rings. The van der Waals surface area contributed by atoms with Gasteiger partial charge in [0.2, 0.25) is 0 Å². The summed E-state index contributed by atoms with van der Waals surface area (Å²) in [4.78, 5) is 2.15. The number of fused-ring (bicyclic) bond motifs is 1. The number of likely N-dealkylation sites (N-methyl/N-ethyl adjacent to an activating group) is 1. The van der Waals surface area contributed by atoms with Crippen molar-refractivity contribution in [1.29, 1.82) is 0 Å². The van der Waals surface area contributed by atoms with Crippen LogP contribution in [0.2, 0.25) is 0 Å². The van der Waals surface area contributed by atoms with E-state index in [1.165, 1.54) is 24.1 Å². The van der Waals surface area contributed by atoms with Crippen molar-refractivity contribution in [2.24, 2.45) is 0 Å². The lowest BCUT2D eigenvalue weighted by atomic mass is 9.98. The Balaban J connectivity index is 2.14. The molecule has 1 aromatic heterocycles. The second kappa shape index (κ2) is 4.23. The largest absolute Gasteiger partial charge is 0.384 e. The Kier molecular flexibility index (Phi) is 2.95. The molecule has 0 saturated heterocycles. The molecule has 0 spiro atoms. The van der Waals surface area contributed by atoms with Crippen molar-refractivity contribution in [1.82, 2.24) is 14.7 Å². The molecule has 1 aliphatic rings. The molecule has 1 heterocycles. The predicted molar refractivity (Wildman–Crippen MR) is 61.8 cm³/mol. The Labute approximate surface area is 91.1 Å². The van der Waals surface area contributed by atoms with Gasteiger partial charge in [-0.3, -0.25) is 0 Å². The fraction of sp³-hybridized carbons (Fsp3) is 0.727. The zero-order chi connectivity index (χ0) is 10.8. The number of hydrogen-bond donors (Lipinski definition) is 1. The smallest absolute Gasteiger partial charge is 0.125 e. The van der Waals surface area contributed by atoms with Crippen LogP contribution >= 0.6 is 0 Å². The summed E-state index contributed by atoms with van der Waals surface area (Å²) in [5, 5.41) is 4.59. The van der Waals surface area contributed by atoms with Gasteiger partial charge in [0.15, 0.2) is 0 Å². The molecule has 4 nitrogen and oxygen atoms in total. The minimum absolute atomic E-state index is 0.895. The van der Waals surface area contributed by atoms with Crippen LogP contribution in [-0.4, -0.2) is 35.3 Å². The molecule has 0 radical (unpaired) electrons. The number of rotatable bonds is 3. The highest BCUT2D eigenvalue weighted by molar-refractivity contribution is 5.44. The summed E-state index contributed by atoms with van der Waals surface area (Å²) in [5.74, 6) is 0.895. The molecule has 0 aliphatic heterocycles. The molecule has 0 unspecified atom stereocenters. The van der Waals surface area contributed by atoms with Crippen molar-refractivity contribution < 1.29 is 0 Å². The number of nitrogens with two attached hydrogens (primary N) is 1. The first kappa shape index (κ1) is 10.5. The normalized spacial score (nSPS) is 15.7. The number of anilines is 1. The zero-order valence-corrected chi connectivity index (χ0v) is 9.66. The van der Waals surface area contributed by atoms with Gasteiger partial charge in [-0.05, 0) is 39.8 Å². The maximum Gasteiger partial charge on any atom is 0.125 e. The van der Waals surface area contributed by atoms with E-state index in [0.717, 1.165) is 31.7 Å². The number of aryl methyl sites for hydroxylation is 1. The lowest BCUT2D eigenvalue weighted by Crippen LogP contribution is -2.20. The lowest BCUT2D eigenvalue weighted by molar-refractivity contribution is 0.374. The minimum atomic E-state index is 0.895. The van der Waals surface area contributed by atoms with E-state index in [9.17, 15) is 0 Å². The van der Waals surface area contributed by atoms with Crippen LogP contribution in [0.15, 0.2) is 0 Å². The SMILES string of the molecule is CN(C)CCn1nc2c(c1N)CCCC2. The van der Waals surface area contributed by atoms with Crippen molar-refractivity contribution in [2.75, 3.05) is 26.4 Å². The highest BCUT2D eigenvalue weighted by Gasteiger charge is 2.18. The molecule has 84 valence electrons. The van der Waals surface area contributed by atoms with Crippen LogP contribution in [0.5, 0.6) is 0 Å². The van der Waals surface area contributed by atoms with Crippen LogP contribution in [0.4, 0.5) is 5.82 Å². The molecule has 15 heavy (non-hydrogen) atoms. The molecule has 0 atom stereocenters. The first-order chi connectivity index (χ1) is 7.18. The molecule has 2 N–H and O–H groups in total. The third-order valence-corrected chi connectivity index (χ3v) is 3.03. The van der Waals surface area contributed by atoms with E-state index in [1.807, 2.05) is 4.68 Å². The minimum Gasteiger partial charge on any atom is -0.384 e. The molecular weight excluding hydrogens is 188 g/mol. The second-order valence-corrected chi connectivity index (χ2v) is 4.54. The monoisotopic (exact) mass is 208 g/mol. The molecule has 0 amide bonds. The molecule has 1 aliphatic carbocycles. The second-order valence-electron chi connectivity index (χ2n) is 4.54. The average molecular weight is 208 g/mol. The third-order valence-electron chi connectivity index (χ3n) is 3.03. The number of nitrogen functional groups attached to an aromatic ring is 1. The van der Waals surface area contributed by atoms with Crippen LogP contribution in [0.25, 0.3) is 0 Å². The Morgan fingerprint density at radius 1 is 1.33 bits per heavy atom. The molecule has 2 rings (SSSR count). The maximum absolute atomic E-state index is 6.09. The van der Waals surface area contributed by atoms with Crippen LogP contribution < -0.4 is 5.73 Å². The van der Waals surface area contributed by atoms with Gasteiger partial charge >= 0.3 is 0 Å². The topological polar surface area (TPSA) is 47.1 Å². The van der Waals surface area contributed by atoms with Gasteiger partial charge in [0, 0.05) is 12.1 Å². The van der Waals surface area contributed by atoms with E-state index in [1.54, 1.807) is 0 Å². The molecule has 0 bridgehead atoms. The van der Waals surface area contributed by atoms with Gasteiger partial charge in [0.05, 0.1) is 12.2 Å². The summed E-state index contributed by atoms with van der Waals surface area (Å²) in [6.45, 7) is 1.89. The van der Waals surface area contributed by atoms with E-state index in [-0.39, 0.29) is 0 Å². The zero-order valence-electron chi connectivity index (χ0n) is 9.66. The molecule has 0 saturated carbocycles. The van der Waals surface area contributed by atoms with Crippen LogP contribution in [0.1, 0.15) is 24.1 Å².